The maximum absolute atomic E-state index is 13.4. The van der Waals surface area contributed by atoms with Crippen LogP contribution in [0, 0.1) is 0 Å². The molecule has 1 aromatic heterocycles. The molecule has 11 nitrogen and oxygen atoms in total. The lowest BCUT2D eigenvalue weighted by Crippen LogP contribution is -2.51. The first-order valence-corrected chi connectivity index (χ1v) is 13.8. The number of nitrogens with one attached hydrogen (secondary N) is 3. The van der Waals surface area contributed by atoms with Gasteiger partial charge in [0.15, 0.2) is 0 Å². The second-order valence-corrected chi connectivity index (χ2v) is 10.6. The van der Waals surface area contributed by atoms with Crippen molar-refractivity contribution in [1.82, 2.24) is 24.9 Å². The van der Waals surface area contributed by atoms with Crippen LogP contribution in [0.25, 0.3) is 0 Å². The minimum atomic E-state index is -0.852. The van der Waals surface area contributed by atoms with E-state index in [1.165, 1.54) is 0 Å². The number of piperidine rings is 2. The van der Waals surface area contributed by atoms with Crippen LogP contribution in [0.15, 0.2) is 73.2 Å². The molecule has 5 amide bonds. The highest BCUT2D eigenvalue weighted by atomic mass is 16.2. The molecule has 3 aliphatic rings. The number of rotatable bonds is 6. The van der Waals surface area contributed by atoms with Crippen molar-refractivity contribution in [2.75, 3.05) is 23.7 Å². The highest BCUT2D eigenvalue weighted by Gasteiger charge is 2.45. The summed E-state index contributed by atoms with van der Waals surface area (Å²) in [6, 6.07) is 13.7. The van der Waals surface area contributed by atoms with Gasteiger partial charge in [0, 0.05) is 48.5 Å². The minimum Gasteiger partial charge on any atom is -0.380 e. The number of benzene rings is 2. The van der Waals surface area contributed by atoms with Crippen LogP contribution in [0.4, 0.5) is 16.2 Å². The molecule has 3 N–H and O–H groups in total. The Bertz CT molecular complexity index is 1520. The summed E-state index contributed by atoms with van der Waals surface area (Å²) in [5.41, 5.74) is 3.39. The molecule has 210 valence electrons. The van der Waals surface area contributed by atoms with Crippen LogP contribution in [0.3, 0.4) is 0 Å². The first kappa shape index (κ1) is 26.3. The highest BCUT2D eigenvalue weighted by Crippen LogP contribution is 2.33. The second-order valence-electron chi connectivity index (χ2n) is 10.6. The SMILES string of the molecule is C=C1CCC(N2C(=O)c3cccc(NCc4cnn(C5CCN(C(=O)Nc6ccccc6)CC5)c4)c3C2=O)C(=O)N1. The van der Waals surface area contributed by atoms with Crippen molar-refractivity contribution in [3.05, 3.63) is 89.9 Å². The summed E-state index contributed by atoms with van der Waals surface area (Å²) in [6.45, 7) is 5.44. The van der Waals surface area contributed by atoms with Crippen molar-refractivity contribution in [3.8, 4) is 0 Å². The molecular weight excluding hydrogens is 522 g/mol. The van der Waals surface area contributed by atoms with E-state index in [4.69, 9.17) is 0 Å². The molecule has 11 heteroatoms. The monoisotopic (exact) mass is 553 g/mol. The molecule has 2 saturated heterocycles. The van der Waals surface area contributed by atoms with Gasteiger partial charge in [0.1, 0.15) is 6.04 Å². The van der Waals surface area contributed by atoms with Gasteiger partial charge in [-0.2, -0.15) is 5.10 Å². The second kappa shape index (κ2) is 10.9. The summed E-state index contributed by atoms with van der Waals surface area (Å²) in [5.74, 6) is -1.32. The maximum Gasteiger partial charge on any atom is 0.321 e. The van der Waals surface area contributed by atoms with E-state index in [1.807, 2.05) is 46.1 Å². The van der Waals surface area contributed by atoms with Gasteiger partial charge >= 0.3 is 6.03 Å². The molecule has 4 heterocycles. The zero-order chi connectivity index (χ0) is 28.5. The van der Waals surface area contributed by atoms with Crippen molar-refractivity contribution in [2.24, 2.45) is 0 Å². The Morgan fingerprint density at radius 1 is 1.00 bits per heavy atom. The van der Waals surface area contributed by atoms with Gasteiger partial charge in [0.2, 0.25) is 5.91 Å². The third kappa shape index (κ3) is 5.18. The van der Waals surface area contributed by atoms with E-state index in [0.29, 0.717) is 43.9 Å². The molecule has 0 spiro atoms. The number of hydrogen-bond donors (Lipinski definition) is 3. The van der Waals surface area contributed by atoms with Crippen LogP contribution in [-0.2, 0) is 11.3 Å². The minimum absolute atomic E-state index is 0.100. The summed E-state index contributed by atoms with van der Waals surface area (Å²) in [4.78, 5) is 54.5. The lowest BCUT2D eigenvalue weighted by molar-refractivity contribution is -0.125. The first-order valence-electron chi connectivity index (χ1n) is 13.8. The first-order chi connectivity index (χ1) is 19.9. The smallest absolute Gasteiger partial charge is 0.321 e. The van der Waals surface area contributed by atoms with Crippen molar-refractivity contribution < 1.29 is 19.2 Å². The zero-order valence-corrected chi connectivity index (χ0v) is 22.5. The Balaban J connectivity index is 1.07. The van der Waals surface area contributed by atoms with Gasteiger partial charge < -0.3 is 20.9 Å². The molecule has 6 rings (SSSR count). The largest absolute Gasteiger partial charge is 0.380 e. The van der Waals surface area contributed by atoms with Gasteiger partial charge in [0.25, 0.3) is 11.8 Å². The number of likely N-dealkylation sites (tertiary alicyclic amines) is 1. The quantitative estimate of drug-likeness (QED) is 0.399. The molecule has 0 radical (unpaired) electrons. The number of anilines is 2. The summed E-state index contributed by atoms with van der Waals surface area (Å²) < 4.78 is 1.94. The summed E-state index contributed by atoms with van der Waals surface area (Å²) in [5, 5.41) is 13.4. The van der Waals surface area contributed by atoms with Gasteiger partial charge in [-0.3, -0.25) is 24.0 Å². The van der Waals surface area contributed by atoms with Crippen LogP contribution in [0.1, 0.15) is 58.0 Å². The number of fused-ring (bicyclic) bond motifs is 1. The molecule has 41 heavy (non-hydrogen) atoms. The Kier molecular flexibility index (Phi) is 7.00. The number of imide groups is 1. The number of aromatic nitrogens is 2. The molecule has 3 aromatic rings. The fraction of sp³-hybridized carbons (Fsp3) is 0.300. The molecule has 3 aliphatic heterocycles. The predicted octanol–water partition coefficient (Wildman–Crippen LogP) is 3.75. The molecule has 2 aromatic carbocycles. The molecule has 0 aliphatic carbocycles. The Labute approximate surface area is 237 Å². The Morgan fingerprint density at radius 2 is 1.78 bits per heavy atom. The molecule has 2 fully saturated rings. The fourth-order valence-corrected chi connectivity index (χ4v) is 5.67. The van der Waals surface area contributed by atoms with Gasteiger partial charge in [0.05, 0.1) is 23.4 Å². The zero-order valence-electron chi connectivity index (χ0n) is 22.5. The normalized spacial score (nSPS) is 19.3. The van der Waals surface area contributed by atoms with Crippen molar-refractivity contribution in [1.29, 1.82) is 0 Å². The van der Waals surface area contributed by atoms with Gasteiger partial charge in [-0.15, -0.1) is 0 Å². The van der Waals surface area contributed by atoms with E-state index < -0.39 is 17.9 Å². The van der Waals surface area contributed by atoms with Crippen LogP contribution >= 0.6 is 0 Å². The van der Waals surface area contributed by atoms with Crippen molar-refractivity contribution in [2.45, 2.75) is 44.3 Å². The number of hydrogen-bond acceptors (Lipinski definition) is 6. The fourth-order valence-electron chi connectivity index (χ4n) is 5.67. The van der Waals surface area contributed by atoms with Gasteiger partial charge in [-0.1, -0.05) is 30.8 Å². The third-order valence-corrected chi connectivity index (χ3v) is 7.87. The number of urea groups is 1. The standard InChI is InChI=1S/C30H31N7O4/c1-19-10-11-25(27(38)33-19)37-28(39)23-8-5-9-24(26(23)29(37)40)31-16-20-17-32-36(18-20)22-12-14-35(15-13-22)30(41)34-21-6-3-2-4-7-21/h2-9,17-18,22,25,31H,1,10-16H2,(H,33,38)(H,34,41). The molecule has 1 atom stereocenters. The lowest BCUT2D eigenvalue weighted by atomic mass is 10.0. The van der Waals surface area contributed by atoms with Crippen molar-refractivity contribution in [3.63, 3.8) is 0 Å². The van der Waals surface area contributed by atoms with E-state index in [2.05, 4.69) is 27.6 Å². The average Bonchev–Trinajstić information content (AvgIpc) is 3.56. The highest BCUT2D eigenvalue weighted by molar-refractivity contribution is 6.25. The van der Waals surface area contributed by atoms with Crippen LogP contribution in [-0.4, -0.2) is 62.5 Å². The van der Waals surface area contributed by atoms with E-state index in [-0.39, 0.29) is 29.1 Å². The van der Waals surface area contributed by atoms with Crippen LogP contribution in [0.5, 0.6) is 0 Å². The van der Waals surface area contributed by atoms with Gasteiger partial charge in [-0.25, -0.2) is 4.79 Å². The third-order valence-electron chi connectivity index (χ3n) is 7.87. The van der Waals surface area contributed by atoms with Crippen LogP contribution < -0.4 is 16.0 Å². The topological polar surface area (TPSA) is 129 Å². The number of carbonyl (C=O) groups excluding carboxylic acids is 4. The Hall–Kier alpha value is -4.93. The summed E-state index contributed by atoms with van der Waals surface area (Å²) in [6.07, 6.45) is 6.20. The summed E-state index contributed by atoms with van der Waals surface area (Å²) in [7, 11) is 0. The Morgan fingerprint density at radius 3 is 2.54 bits per heavy atom. The lowest BCUT2D eigenvalue weighted by Gasteiger charge is -2.32. The molecule has 0 saturated carbocycles. The number of carbonyl (C=O) groups is 4. The van der Waals surface area contributed by atoms with E-state index in [9.17, 15) is 19.2 Å². The molecular formula is C30H31N7O4. The molecule has 0 bridgehead atoms. The van der Waals surface area contributed by atoms with E-state index in [1.54, 1.807) is 24.4 Å². The van der Waals surface area contributed by atoms with Gasteiger partial charge in [-0.05, 0) is 49.9 Å². The molecule has 1 unspecified atom stereocenters. The maximum atomic E-state index is 13.4. The number of nitrogens with zero attached hydrogens (tertiary/aromatic N) is 4. The number of para-hydroxylation sites is 1. The summed E-state index contributed by atoms with van der Waals surface area (Å²) >= 11 is 0. The predicted molar refractivity (Wildman–Crippen MR) is 152 cm³/mol. The number of amides is 5. The van der Waals surface area contributed by atoms with Crippen molar-refractivity contribution >= 4 is 35.1 Å². The van der Waals surface area contributed by atoms with Crippen LogP contribution in [0.2, 0.25) is 0 Å². The average molecular weight is 554 g/mol. The number of allylic oxidation sites excluding steroid dienone is 1. The van der Waals surface area contributed by atoms with E-state index >= 15 is 0 Å². The van der Waals surface area contributed by atoms with E-state index in [0.717, 1.165) is 29.0 Å².